The summed E-state index contributed by atoms with van der Waals surface area (Å²) in [6.07, 6.45) is 1.96. The zero-order valence-corrected chi connectivity index (χ0v) is 14.4. The minimum atomic E-state index is -1.08. The zero-order valence-electron chi connectivity index (χ0n) is 13.5. The molecule has 2 atom stereocenters. The molecule has 0 aliphatic carbocycles. The van der Waals surface area contributed by atoms with Crippen LogP contribution in [0.1, 0.15) is 18.4 Å². The monoisotopic (exact) mass is 342 g/mol. The topological polar surface area (TPSA) is 58.2 Å². The maximum atomic E-state index is 12.4. The number of anilines is 1. The Hall–Kier alpha value is -1.98. The maximum Gasteiger partial charge on any atom is 0.228 e. The molecule has 1 fully saturated rings. The highest BCUT2D eigenvalue weighted by atomic mass is 32.2. The van der Waals surface area contributed by atoms with Crippen LogP contribution < -0.4 is 10.6 Å². The number of carbonyl (C=O) groups excluding carboxylic acids is 1. The average Bonchev–Trinajstić information content (AvgIpc) is 2.63. The Balaban J connectivity index is 1.63. The fourth-order valence-corrected chi connectivity index (χ4v) is 3.98. The van der Waals surface area contributed by atoms with Gasteiger partial charge in [0.05, 0.1) is 22.5 Å². The third-order valence-electron chi connectivity index (χ3n) is 4.17. The highest BCUT2D eigenvalue weighted by molar-refractivity contribution is 7.84. The molecule has 2 aromatic carbocycles. The van der Waals surface area contributed by atoms with Gasteiger partial charge in [-0.05, 0) is 49.2 Å². The van der Waals surface area contributed by atoms with Crippen LogP contribution in [0.3, 0.4) is 0 Å². The van der Waals surface area contributed by atoms with Gasteiger partial charge in [-0.1, -0.05) is 30.3 Å². The van der Waals surface area contributed by atoms with Gasteiger partial charge in [0, 0.05) is 17.1 Å². The minimum Gasteiger partial charge on any atom is -0.326 e. The maximum absolute atomic E-state index is 12.4. The van der Waals surface area contributed by atoms with Gasteiger partial charge in [0.1, 0.15) is 0 Å². The Morgan fingerprint density at radius 3 is 2.75 bits per heavy atom. The number of amides is 1. The number of rotatable bonds is 5. The minimum absolute atomic E-state index is 0.0286. The highest BCUT2D eigenvalue weighted by Crippen LogP contribution is 2.18. The molecule has 1 aliphatic rings. The molecule has 0 radical (unpaired) electrons. The molecule has 0 aromatic heterocycles. The summed E-state index contributed by atoms with van der Waals surface area (Å²) in [4.78, 5) is 13.1. The SMILES string of the molecule is O=C(Nc1cccc(CS(=O)c2ccccc2)c1)C1CCCNC1. The van der Waals surface area contributed by atoms with Gasteiger partial charge in [0.2, 0.25) is 5.91 Å². The lowest BCUT2D eigenvalue weighted by molar-refractivity contribution is -0.120. The summed E-state index contributed by atoms with van der Waals surface area (Å²) in [5.41, 5.74) is 1.73. The van der Waals surface area contributed by atoms with E-state index in [9.17, 15) is 9.00 Å². The van der Waals surface area contributed by atoms with Gasteiger partial charge in [0.15, 0.2) is 0 Å². The third kappa shape index (κ3) is 4.52. The number of carbonyl (C=O) groups is 1. The molecule has 0 saturated carbocycles. The molecular weight excluding hydrogens is 320 g/mol. The van der Waals surface area contributed by atoms with E-state index in [2.05, 4.69) is 10.6 Å². The molecule has 1 aliphatic heterocycles. The van der Waals surface area contributed by atoms with Gasteiger partial charge in [0.25, 0.3) is 0 Å². The molecule has 5 heteroatoms. The average molecular weight is 342 g/mol. The van der Waals surface area contributed by atoms with Crippen LogP contribution in [0.4, 0.5) is 5.69 Å². The molecule has 0 bridgehead atoms. The molecule has 2 N–H and O–H groups in total. The van der Waals surface area contributed by atoms with Crippen LogP contribution in [0, 0.1) is 5.92 Å². The van der Waals surface area contributed by atoms with Crippen molar-refractivity contribution >= 4 is 22.4 Å². The summed E-state index contributed by atoms with van der Waals surface area (Å²) in [6, 6.07) is 17.1. The van der Waals surface area contributed by atoms with Crippen molar-refractivity contribution in [2.45, 2.75) is 23.5 Å². The van der Waals surface area contributed by atoms with Gasteiger partial charge in [-0.15, -0.1) is 0 Å². The van der Waals surface area contributed by atoms with Crippen molar-refractivity contribution in [3.8, 4) is 0 Å². The molecule has 1 saturated heterocycles. The van der Waals surface area contributed by atoms with Gasteiger partial charge >= 0.3 is 0 Å². The van der Waals surface area contributed by atoms with E-state index in [-0.39, 0.29) is 11.8 Å². The van der Waals surface area contributed by atoms with Crippen LogP contribution in [0.25, 0.3) is 0 Å². The second kappa shape index (κ2) is 8.22. The quantitative estimate of drug-likeness (QED) is 0.878. The van der Waals surface area contributed by atoms with Gasteiger partial charge in [-0.3, -0.25) is 9.00 Å². The number of hydrogen-bond acceptors (Lipinski definition) is 3. The summed E-state index contributed by atoms with van der Waals surface area (Å²) >= 11 is 0. The van der Waals surface area contributed by atoms with Crippen LogP contribution in [0.5, 0.6) is 0 Å². The molecule has 24 heavy (non-hydrogen) atoms. The predicted molar refractivity (Wildman–Crippen MR) is 97.2 cm³/mol. The van der Waals surface area contributed by atoms with Crippen LogP contribution in [-0.4, -0.2) is 23.2 Å². The van der Waals surface area contributed by atoms with Crippen molar-refractivity contribution < 1.29 is 9.00 Å². The van der Waals surface area contributed by atoms with Crippen molar-refractivity contribution in [3.05, 3.63) is 60.2 Å². The van der Waals surface area contributed by atoms with E-state index >= 15 is 0 Å². The Bertz CT molecular complexity index is 712. The molecule has 2 unspecified atom stereocenters. The van der Waals surface area contributed by atoms with Crippen LogP contribution in [0.15, 0.2) is 59.5 Å². The molecule has 4 nitrogen and oxygen atoms in total. The van der Waals surface area contributed by atoms with E-state index in [0.717, 1.165) is 42.1 Å². The highest BCUT2D eigenvalue weighted by Gasteiger charge is 2.20. The lowest BCUT2D eigenvalue weighted by Crippen LogP contribution is -2.37. The second-order valence-corrected chi connectivity index (χ2v) is 7.49. The summed E-state index contributed by atoms with van der Waals surface area (Å²) < 4.78 is 12.4. The summed E-state index contributed by atoms with van der Waals surface area (Å²) in [6.45, 7) is 1.73. The Labute approximate surface area is 145 Å². The number of hydrogen-bond donors (Lipinski definition) is 2. The second-order valence-electron chi connectivity index (χ2n) is 6.04. The van der Waals surface area contributed by atoms with Gasteiger partial charge in [-0.2, -0.15) is 0 Å². The molecule has 1 heterocycles. The molecule has 126 valence electrons. The van der Waals surface area contributed by atoms with E-state index in [0.29, 0.717) is 5.75 Å². The van der Waals surface area contributed by atoms with Crippen molar-refractivity contribution in [2.24, 2.45) is 5.92 Å². The van der Waals surface area contributed by atoms with Crippen molar-refractivity contribution in [3.63, 3.8) is 0 Å². The Morgan fingerprint density at radius 2 is 2.00 bits per heavy atom. The lowest BCUT2D eigenvalue weighted by Gasteiger charge is -2.22. The number of nitrogens with one attached hydrogen (secondary N) is 2. The molecule has 2 aromatic rings. The van der Waals surface area contributed by atoms with Crippen LogP contribution in [-0.2, 0) is 21.3 Å². The molecule has 1 amide bonds. The van der Waals surface area contributed by atoms with E-state index in [1.54, 1.807) is 0 Å². The van der Waals surface area contributed by atoms with Crippen molar-refractivity contribution in [1.29, 1.82) is 0 Å². The van der Waals surface area contributed by atoms with E-state index < -0.39 is 10.8 Å². The summed E-state index contributed by atoms with van der Waals surface area (Å²) in [5, 5.41) is 6.24. The fraction of sp³-hybridized carbons (Fsp3) is 0.316. The number of piperidine rings is 1. The number of benzene rings is 2. The van der Waals surface area contributed by atoms with Crippen LogP contribution in [0.2, 0.25) is 0 Å². The first-order valence-corrected chi connectivity index (χ1v) is 9.58. The standard InChI is InChI=1S/C19H22N2O2S/c22-19(16-7-5-11-20-13-16)21-17-8-4-6-15(12-17)14-24(23)18-9-2-1-3-10-18/h1-4,6,8-10,12,16,20H,5,7,11,13-14H2,(H,21,22). The van der Waals surface area contributed by atoms with Crippen molar-refractivity contribution in [2.75, 3.05) is 18.4 Å². The van der Waals surface area contributed by atoms with Gasteiger partial charge in [-0.25, -0.2) is 0 Å². The zero-order chi connectivity index (χ0) is 16.8. The first-order valence-electron chi connectivity index (χ1n) is 8.26. The van der Waals surface area contributed by atoms with E-state index in [1.165, 1.54) is 0 Å². The normalized spacial score (nSPS) is 18.8. The smallest absolute Gasteiger partial charge is 0.228 e. The van der Waals surface area contributed by atoms with Crippen molar-refractivity contribution in [1.82, 2.24) is 5.32 Å². The van der Waals surface area contributed by atoms with Crippen LogP contribution >= 0.6 is 0 Å². The van der Waals surface area contributed by atoms with Gasteiger partial charge < -0.3 is 10.6 Å². The predicted octanol–water partition coefficient (Wildman–Crippen LogP) is 2.93. The summed E-state index contributed by atoms with van der Waals surface area (Å²) in [7, 11) is -1.08. The molecule has 3 rings (SSSR count). The molecule has 0 spiro atoms. The summed E-state index contributed by atoms with van der Waals surface area (Å²) in [5.74, 6) is 0.531. The Morgan fingerprint density at radius 1 is 1.17 bits per heavy atom. The van der Waals surface area contributed by atoms with E-state index in [1.807, 2.05) is 54.6 Å². The third-order valence-corrected chi connectivity index (χ3v) is 5.56. The fourth-order valence-electron chi connectivity index (χ4n) is 2.87. The Kier molecular flexibility index (Phi) is 5.77. The molecular formula is C19H22N2O2S. The van der Waals surface area contributed by atoms with E-state index in [4.69, 9.17) is 0 Å². The first kappa shape index (κ1) is 16.9. The first-order chi connectivity index (χ1) is 11.7. The lowest BCUT2D eigenvalue weighted by atomic mass is 9.99. The largest absolute Gasteiger partial charge is 0.326 e.